The molecule has 0 radical (unpaired) electrons. The van der Waals surface area contributed by atoms with Crippen molar-refractivity contribution in [3.63, 3.8) is 0 Å². The predicted octanol–water partition coefficient (Wildman–Crippen LogP) is 2.73. The number of nitrogens with zero attached hydrogens (tertiary/aromatic N) is 4. The number of benzene rings is 1. The number of primary amides is 1. The van der Waals surface area contributed by atoms with Crippen LogP contribution in [0.3, 0.4) is 0 Å². The molecule has 1 amide bonds. The number of hydrogen-bond acceptors (Lipinski definition) is 8. The molecule has 1 saturated heterocycles. The van der Waals surface area contributed by atoms with Crippen molar-refractivity contribution < 1.29 is 14.1 Å². The summed E-state index contributed by atoms with van der Waals surface area (Å²) in [6.07, 6.45) is 1.63. The number of amides is 1. The minimum atomic E-state index is -0.679. The monoisotopic (exact) mass is 413 g/mol. The van der Waals surface area contributed by atoms with Gasteiger partial charge in [0, 0.05) is 49.7 Å². The molecule has 0 atom stereocenters. The number of nitro benzene ring substituents is 1. The van der Waals surface area contributed by atoms with Crippen LogP contribution in [0.15, 0.2) is 46.4 Å². The maximum Gasteiger partial charge on any atom is 0.293 e. The van der Waals surface area contributed by atoms with Crippen molar-refractivity contribution in [2.45, 2.75) is 6.54 Å². The van der Waals surface area contributed by atoms with Crippen LogP contribution in [0.5, 0.6) is 0 Å². The number of thiazole rings is 1. The van der Waals surface area contributed by atoms with Gasteiger partial charge in [0.25, 0.3) is 5.69 Å². The van der Waals surface area contributed by atoms with Gasteiger partial charge in [-0.2, -0.15) is 0 Å². The number of rotatable bonds is 6. The van der Waals surface area contributed by atoms with E-state index in [9.17, 15) is 14.9 Å². The van der Waals surface area contributed by atoms with Crippen LogP contribution >= 0.6 is 11.3 Å². The van der Waals surface area contributed by atoms with Crippen molar-refractivity contribution in [1.29, 1.82) is 0 Å². The Bertz CT molecular complexity index is 1030. The molecule has 1 aliphatic rings. The molecular weight excluding hydrogens is 394 g/mol. The summed E-state index contributed by atoms with van der Waals surface area (Å²) < 4.78 is 5.38. The Balaban J connectivity index is 1.41. The number of carbonyl (C=O) groups excluding carboxylic acids is 1. The Morgan fingerprint density at radius 2 is 2.07 bits per heavy atom. The van der Waals surface area contributed by atoms with Crippen LogP contribution < -0.4 is 10.6 Å². The third kappa shape index (κ3) is 4.13. The van der Waals surface area contributed by atoms with E-state index >= 15 is 0 Å². The third-order valence-corrected chi connectivity index (χ3v) is 5.74. The lowest BCUT2D eigenvalue weighted by molar-refractivity contribution is -0.384. The molecule has 0 saturated carbocycles. The van der Waals surface area contributed by atoms with Gasteiger partial charge in [-0.15, -0.1) is 11.3 Å². The van der Waals surface area contributed by atoms with E-state index in [0.29, 0.717) is 25.3 Å². The number of hydrogen-bond donors (Lipinski definition) is 1. The van der Waals surface area contributed by atoms with Crippen molar-refractivity contribution in [1.82, 2.24) is 9.88 Å². The van der Waals surface area contributed by atoms with Crippen LogP contribution in [-0.2, 0) is 6.54 Å². The summed E-state index contributed by atoms with van der Waals surface area (Å²) in [5, 5.41) is 14.3. The highest BCUT2D eigenvalue weighted by molar-refractivity contribution is 7.13. The predicted molar refractivity (Wildman–Crippen MR) is 109 cm³/mol. The molecule has 0 bridgehead atoms. The minimum absolute atomic E-state index is 0.0997. The number of anilines is 1. The van der Waals surface area contributed by atoms with E-state index in [-0.39, 0.29) is 11.3 Å². The second kappa shape index (κ2) is 8.02. The summed E-state index contributed by atoms with van der Waals surface area (Å²) in [7, 11) is 0. The van der Waals surface area contributed by atoms with Gasteiger partial charge in [-0.25, -0.2) is 4.98 Å². The summed E-state index contributed by atoms with van der Waals surface area (Å²) in [4.78, 5) is 31.2. The second-order valence-electron chi connectivity index (χ2n) is 6.71. The molecule has 0 aliphatic carbocycles. The number of aromatic nitrogens is 1. The van der Waals surface area contributed by atoms with Gasteiger partial charge >= 0.3 is 0 Å². The molecule has 4 rings (SSSR count). The standard InChI is InChI=1S/C19H19N5O4S/c20-18(25)13-3-4-15(16(10-13)24(26)27)23-7-5-22(6-8-23)11-14-12-29-19(21-14)17-2-1-9-28-17/h1-4,9-10,12H,5-8,11H2,(H2,20,25). The van der Waals surface area contributed by atoms with E-state index in [1.165, 1.54) is 12.1 Å². The van der Waals surface area contributed by atoms with Gasteiger partial charge in [0.2, 0.25) is 5.91 Å². The quantitative estimate of drug-likeness (QED) is 0.487. The van der Waals surface area contributed by atoms with Crippen LogP contribution in [-0.4, -0.2) is 46.9 Å². The van der Waals surface area contributed by atoms with Gasteiger partial charge < -0.3 is 15.1 Å². The number of nitro groups is 1. The van der Waals surface area contributed by atoms with E-state index < -0.39 is 10.8 Å². The van der Waals surface area contributed by atoms with Gasteiger partial charge in [0.15, 0.2) is 10.8 Å². The van der Waals surface area contributed by atoms with Gasteiger partial charge in [-0.05, 0) is 24.3 Å². The number of carbonyl (C=O) groups is 1. The molecule has 9 nitrogen and oxygen atoms in total. The summed E-state index contributed by atoms with van der Waals surface area (Å²) >= 11 is 1.55. The molecule has 1 aliphatic heterocycles. The van der Waals surface area contributed by atoms with Gasteiger partial charge in [0.1, 0.15) is 5.69 Å². The van der Waals surface area contributed by atoms with Crippen molar-refractivity contribution >= 4 is 28.6 Å². The van der Waals surface area contributed by atoms with E-state index in [4.69, 9.17) is 10.2 Å². The summed E-state index contributed by atoms with van der Waals surface area (Å²) in [5.41, 5.74) is 6.76. The van der Waals surface area contributed by atoms with E-state index in [2.05, 4.69) is 9.88 Å². The molecule has 29 heavy (non-hydrogen) atoms. The highest BCUT2D eigenvalue weighted by Gasteiger charge is 2.25. The molecule has 3 aromatic rings. The maximum atomic E-state index is 11.4. The smallest absolute Gasteiger partial charge is 0.293 e. The average molecular weight is 413 g/mol. The zero-order valence-electron chi connectivity index (χ0n) is 15.5. The summed E-state index contributed by atoms with van der Waals surface area (Å²) in [6.45, 7) is 3.51. The van der Waals surface area contributed by atoms with Crippen molar-refractivity contribution in [3.8, 4) is 10.8 Å². The van der Waals surface area contributed by atoms with E-state index in [0.717, 1.165) is 29.6 Å². The Labute approximate surface area is 170 Å². The first-order chi connectivity index (χ1) is 14.0. The average Bonchev–Trinajstić information content (AvgIpc) is 3.40. The third-order valence-electron chi connectivity index (χ3n) is 4.84. The molecule has 0 unspecified atom stereocenters. The molecule has 1 fully saturated rings. The molecule has 3 heterocycles. The fraction of sp³-hybridized carbons (Fsp3) is 0.263. The summed E-state index contributed by atoms with van der Waals surface area (Å²) in [6, 6.07) is 8.10. The SMILES string of the molecule is NC(=O)c1ccc(N2CCN(Cc3csc(-c4ccco4)n3)CC2)c([N+](=O)[O-])c1. The highest BCUT2D eigenvalue weighted by atomic mass is 32.1. The fourth-order valence-corrected chi connectivity index (χ4v) is 4.14. The zero-order valence-corrected chi connectivity index (χ0v) is 16.3. The van der Waals surface area contributed by atoms with Crippen LogP contribution in [0.25, 0.3) is 10.8 Å². The normalized spacial score (nSPS) is 14.8. The lowest BCUT2D eigenvalue weighted by Gasteiger charge is -2.35. The van der Waals surface area contributed by atoms with Crippen molar-refractivity contribution in [2.24, 2.45) is 5.73 Å². The Hall–Kier alpha value is -3.24. The number of nitrogens with two attached hydrogens (primary N) is 1. The topological polar surface area (TPSA) is 119 Å². The van der Waals surface area contributed by atoms with Gasteiger partial charge in [-0.1, -0.05) is 0 Å². The molecule has 2 aromatic heterocycles. The second-order valence-corrected chi connectivity index (χ2v) is 7.57. The van der Waals surface area contributed by atoms with Crippen LogP contribution in [0, 0.1) is 10.1 Å². The largest absolute Gasteiger partial charge is 0.462 e. The fourth-order valence-electron chi connectivity index (χ4n) is 3.36. The summed E-state index contributed by atoms with van der Waals surface area (Å²) in [5.74, 6) is 0.0828. The van der Waals surface area contributed by atoms with Gasteiger partial charge in [-0.3, -0.25) is 19.8 Å². The van der Waals surface area contributed by atoms with E-state index in [1.54, 1.807) is 23.7 Å². The molecule has 150 valence electrons. The Kier molecular flexibility index (Phi) is 5.28. The zero-order chi connectivity index (χ0) is 20.4. The highest BCUT2D eigenvalue weighted by Crippen LogP contribution is 2.30. The van der Waals surface area contributed by atoms with Crippen LogP contribution in [0.2, 0.25) is 0 Å². The number of piperazine rings is 1. The van der Waals surface area contributed by atoms with Crippen LogP contribution in [0.1, 0.15) is 16.1 Å². The first kappa shape index (κ1) is 19.1. The molecule has 1 aromatic carbocycles. The Morgan fingerprint density at radius 3 is 2.72 bits per heavy atom. The molecular formula is C19H19N5O4S. The van der Waals surface area contributed by atoms with Crippen LogP contribution in [0.4, 0.5) is 11.4 Å². The van der Waals surface area contributed by atoms with Crippen molar-refractivity contribution in [2.75, 3.05) is 31.1 Å². The van der Waals surface area contributed by atoms with Crippen molar-refractivity contribution in [3.05, 3.63) is 63.3 Å². The molecule has 0 spiro atoms. The molecule has 2 N–H and O–H groups in total. The lowest BCUT2D eigenvalue weighted by Crippen LogP contribution is -2.46. The van der Waals surface area contributed by atoms with E-state index in [1.807, 2.05) is 22.4 Å². The minimum Gasteiger partial charge on any atom is -0.462 e. The molecule has 10 heteroatoms. The Morgan fingerprint density at radius 1 is 1.28 bits per heavy atom. The lowest BCUT2D eigenvalue weighted by atomic mass is 10.1. The van der Waals surface area contributed by atoms with Gasteiger partial charge in [0.05, 0.1) is 16.9 Å². The first-order valence-electron chi connectivity index (χ1n) is 9.05. The maximum absolute atomic E-state index is 11.4. The first-order valence-corrected chi connectivity index (χ1v) is 9.93. The number of furan rings is 1.